The van der Waals surface area contributed by atoms with E-state index in [2.05, 4.69) is 16.7 Å². The molecule has 1 unspecified atom stereocenters. The highest BCUT2D eigenvalue weighted by Gasteiger charge is 2.53. The molecular weight excluding hydrogens is 342 g/mol. The van der Waals surface area contributed by atoms with Crippen molar-refractivity contribution in [1.29, 1.82) is 0 Å². The van der Waals surface area contributed by atoms with Crippen LogP contribution in [0.5, 0.6) is 0 Å². The fourth-order valence-electron chi connectivity index (χ4n) is 5.43. The van der Waals surface area contributed by atoms with Gasteiger partial charge in [-0.2, -0.15) is 0 Å². The predicted octanol–water partition coefficient (Wildman–Crippen LogP) is 2.96. The average Bonchev–Trinajstić information content (AvgIpc) is 3.05. The van der Waals surface area contributed by atoms with Gasteiger partial charge in [0.25, 0.3) is 0 Å². The lowest BCUT2D eigenvalue weighted by Crippen LogP contribution is -2.52. The maximum Gasteiger partial charge on any atom is 0.409 e. The number of hydrogen-bond donors (Lipinski definition) is 2. The second-order valence-electron chi connectivity index (χ2n) is 7.95. The van der Waals surface area contributed by atoms with Crippen molar-refractivity contribution in [2.24, 2.45) is 11.3 Å². The highest BCUT2D eigenvalue weighted by molar-refractivity contribution is 6.03. The molecule has 6 nitrogen and oxygen atoms in total. The topological polar surface area (TPSA) is 70.7 Å². The first-order valence-electron chi connectivity index (χ1n) is 10.2. The molecule has 3 aliphatic heterocycles. The van der Waals surface area contributed by atoms with Gasteiger partial charge in [-0.25, -0.2) is 4.79 Å². The van der Waals surface area contributed by atoms with Crippen molar-refractivity contribution in [3.63, 3.8) is 0 Å². The van der Waals surface area contributed by atoms with Crippen LogP contribution in [-0.2, 0) is 9.53 Å². The van der Waals surface area contributed by atoms with Crippen LogP contribution in [0, 0.1) is 11.3 Å². The van der Waals surface area contributed by atoms with Crippen LogP contribution in [0.2, 0.25) is 0 Å². The summed E-state index contributed by atoms with van der Waals surface area (Å²) in [5.41, 5.74) is 1.99. The molecule has 3 aliphatic rings. The van der Waals surface area contributed by atoms with Gasteiger partial charge in [0.1, 0.15) is 0 Å². The molecule has 3 heterocycles. The normalized spacial score (nSPS) is 25.0. The number of carbonyl (C=O) groups is 2. The summed E-state index contributed by atoms with van der Waals surface area (Å²) in [5, 5.41) is 6.55. The van der Waals surface area contributed by atoms with Gasteiger partial charge in [-0.15, -0.1) is 0 Å². The number of likely N-dealkylation sites (tertiary alicyclic amines) is 1. The van der Waals surface area contributed by atoms with Gasteiger partial charge < -0.3 is 20.3 Å². The van der Waals surface area contributed by atoms with E-state index < -0.39 is 0 Å². The summed E-state index contributed by atoms with van der Waals surface area (Å²) >= 11 is 0. The highest BCUT2D eigenvalue weighted by Crippen LogP contribution is 2.56. The average molecular weight is 371 g/mol. The number of carbonyl (C=O) groups excluding carboxylic acids is 2. The second-order valence-corrected chi connectivity index (χ2v) is 7.95. The van der Waals surface area contributed by atoms with Gasteiger partial charge in [0.05, 0.1) is 12.5 Å². The molecule has 2 N–H and O–H groups in total. The van der Waals surface area contributed by atoms with Crippen LogP contribution in [0.25, 0.3) is 0 Å². The summed E-state index contributed by atoms with van der Waals surface area (Å²) in [7, 11) is 0. The number of hydrogen-bond acceptors (Lipinski definition) is 4. The number of nitrogens with one attached hydrogen (secondary N) is 2. The molecule has 0 radical (unpaired) electrons. The largest absolute Gasteiger partial charge is 0.450 e. The van der Waals surface area contributed by atoms with E-state index in [9.17, 15) is 9.59 Å². The van der Waals surface area contributed by atoms with E-state index in [4.69, 9.17) is 4.74 Å². The van der Waals surface area contributed by atoms with Gasteiger partial charge in [-0.1, -0.05) is 18.2 Å². The van der Waals surface area contributed by atoms with Crippen molar-refractivity contribution in [3.8, 4) is 0 Å². The van der Waals surface area contributed by atoms with Crippen LogP contribution in [0.1, 0.15) is 44.1 Å². The fraction of sp³-hybridized carbons (Fsp3) is 0.619. The fourth-order valence-corrected chi connectivity index (χ4v) is 5.43. The molecule has 1 atom stereocenters. The number of fused-ring (bicyclic) bond motifs is 1. The van der Waals surface area contributed by atoms with E-state index in [0.29, 0.717) is 25.6 Å². The second kappa shape index (κ2) is 7.50. The number of benzene rings is 1. The molecule has 0 saturated carbocycles. The third-order valence-corrected chi connectivity index (χ3v) is 6.74. The number of piperidine rings is 2. The van der Waals surface area contributed by atoms with Crippen molar-refractivity contribution >= 4 is 17.7 Å². The van der Waals surface area contributed by atoms with Crippen molar-refractivity contribution < 1.29 is 14.3 Å². The minimum Gasteiger partial charge on any atom is -0.450 e. The number of para-hydroxylation sites is 1. The first kappa shape index (κ1) is 18.3. The zero-order valence-corrected chi connectivity index (χ0v) is 16.0. The van der Waals surface area contributed by atoms with Gasteiger partial charge in [-0.05, 0) is 68.7 Å². The quantitative estimate of drug-likeness (QED) is 0.857. The lowest BCUT2D eigenvalue weighted by atomic mass is 9.57. The zero-order chi connectivity index (χ0) is 18.9. The Bertz CT molecular complexity index is 706. The van der Waals surface area contributed by atoms with Crippen LogP contribution in [0.3, 0.4) is 0 Å². The number of amides is 2. The predicted molar refractivity (Wildman–Crippen MR) is 104 cm³/mol. The summed E-state index contributed by atoms with van der Waals surface area (Å²) < 4.78 is 5.20. The summed E-state index contributed by atoms with van der Waals surface area (Å²) in [6, 6.07) is 8.09. The Morgan fingerprint density at radius 2 is 1.93 bits per heavy atom. The smallest absolute Gasteiger partial charge is 0.409 e. The maximum absolute atomic E-state index is 13.1. The molecule has 0 aromatic heterocycles. The van der Waals surface area contributed by atoms with E-state index in [1.165, 1.54) is 0 Å². The Labute approximate surface area is 160 Å². The molecule has 0 aliphatic carbocycles. The van der Waals surface area contributed by atoms with Gasteiger partial charge in [0.2, 0.25) is 5.91 Å². The number of anilines is 1. The number of ether oxygens (including phenoxy) is 1. The molecule has 0 spiro atoms. The van der Waals surface area contributed by atoms with E-state index in [1.54, 1.807) is 0 Å². The van der Waals surface area contributed by atoms with E-state index in [0.717, 1.165) is 50.0 Å². The van der Waals surface area contributed by atoms with Gasteiger partial charge in [0.15, 0.2) is 0 Å². The van der Waals surface area contributed by atoms with Crippen molar-refractivity contribution in [3.05, 3.63) is 29.8 Å². The van der Waals surface area contributed by atoms with Crippen LogP contribution >= 0.6 is 0 Å². The van der Waals surface area contributed by atoms with Crippen molar-refractivity contribution in [1.82, 2.24) is 10.2 Å². The summed E-state index contributed by atoms with van der Waals surface area (Å²) in [6.07, 6.45) is 3.65. The van der Waals surface area contributed by atoms with E-state index in [1.807, 2.05) is 30.0 Å². The maximum atomic E-state index is 13.1. The Morgan fingerprint density at radius 1 is 1.22 bits per heavy atom. The SMILES string of the molecule is CCOC(=O)N1CCC(C2CCNCC2)(C2C(=O)Nc3ccccc32)CC1. The summed E-state index contributed by atoms with van der Waals surface area (Å²) in [6.45, 7) is 5.56. The Kier molecular flexibility index (Phi) is 5.08. The number of rotatable bonds is 3. The molecule has 4 rings (SSSR count). The summed E-state index contributed by atoms with van der Waals surface area (Å²) in [5.74, 6) is 0.491. The van der Waals surface area contributed by atoms with Gasteiger partial charge >= 0.3 is 6.09 Å². The molecule has 2 amide bonds. The standard InChI is InChI=1S/C21H29N3O3/c1-2-27-20(26)24-13-9-21(10-14-24,15-7-11-22-12-8-15)18-16-5-3-4-6-17(16)23-19(18)25/h3-6,15,18,22H,2,7-14H2,1H3,(H,23,25). The number of nitrogens with zero attached hydrogens (tertiary/aromatic N) is 1. The molecule has 1 aromatic carbocycles. The Balaban J connectivity index is 1.65. The minimum absolute atomic E-state index is 0.0955. The molecule has 1 aromatic rings. The van der Waals surface area contributed by atoms with Gasteiger partial charge in [0, 0.05) is 18.8 Å². The molecular formula is C21H29N3O3. The first-order chi connectivity index (χ1) is 13.2. The lowest BCUT2D eigenvalue weighted by molar-refractivity contribution is -0.123. The highest BCUT2D eigenvalue weighted by atomic mass is 16.6. The van der Waals surface area contributed by atoms with Crippen molar-refractivity contribution in [2.45, 2.75) is 38.5 Å². The third kappa shape index (κ3) is 3.20. The molecule has 27 heavy (non-hydrogen) atoms. The van der Waals surface area contributed by atoms with Crippen LogP contribution in [0.4, 0.5) is 10.5 Å². The van der Waals surface area contributed by atoms with Crippen LogP contribution < -0.4 is 10.6 Å². The molecule has 0 bridgehead atoms. The first-order valence-corrected chi connectivity index (χ1v) is 10.2. The lowest BCUT2D eigenvalue weighted by Gasteiger charge is -2.50. The molecule has 6 heteroatoms. The Hall–Kier alpha value is -2.08. The van der Waals surface area contributed by atoms with E-state index in [-0.39, 0.29) is 23.3 Å². The van der Waals surface area contributed by atoms with Crippen LogP contribution in [-0.4, -0.2) is 49.7 Å². The summed E-state index contributed by atoms with van der Waals surface area (Å²) in [4.78, 5) is 27.1. The molecule has 2 saturated heterocycles. The third-order valence-electron chi connectivity index (χ3n) is 6.74. The molecule has 146 valence electrons. The van der Waals surface area contributed by atoms with E-state index >= 15 is 0 Å². The van der Waals surface area contributed by atoms with Crippen molar-refractivity contribution in [2.75, 3.05) is 38.1 Å². The van der Waals surface area contributed by atoms with Crippen LogP contribution in [0.15, 0.2) is 24.3 Å². The monoisotopic (exact) mass is 371 g/mol. The Morgan fingerprint density at radius 3 is 2.63 bits per heavy atom. The minimum atomic E-state index is -0.229. The molecule has 2 fully saturated rings. The zero-order valence-electron chi connectivity index (χ0n) is 16.0. The van der Waals surface area contributed by atoms with Gasteiger partial charge in [-0.3, -0.25) is 4.79 Å².